The molecule has 0 bridgehead atoms. The van der Waals surface area contributed by atoms with E-state index >= 15 is 0 Å². The van der Waals surface area contributed by atoms with Crippen LogP contribution in [0.25, 0.3) is 0 Å². The highest BCUT2D eigenvalue weighted by Gasteiger charge is 2.48. The molecule has 12 heteroatoms. The Morgan fingerprint density at radius 1 is 0.964 bits per heavy atom. The predicted molar refractivity (Wildman–Crippen MR) is 94.3 cm³/mol. The van der Waals surface area contributed by atoms with Crippen molar-refractivity contribution in [3.63, 3.8) is 0 Å². The van der Waals surface area contributed by atoms with Crippen molar-refractivity contribution in [2.24, 2.45) is 0 Å². The number of nitrogens with one attached hydrogen (secondary N) is 1. The molecule has 0 aliphatic rings. The fourth-order valence-electron chi connectivity index (χ4n) is 2.18. The van der Waals surface area contributed by atoms with Crippen LogP contribution in [0.2, 0.25) is 0 Å². The van der Waals surface area contributed by atoms with Gasteiger partial charge in [0.2, 0.25) is 10.0 Å². The lowest BCUT2D eigenvalue weighted by atomic mass is 10.2. The molecule has 0 spiro atoms. The van der Waals surface area contributed by atoms with E-state index in [1.165, 1.54) is 38.4 Å². The fraction of sp³-hybridized carbons (Fsp3) is 0.250. The van der Waals surface area contributed by atoms with E-state index in [4.69, 9.17) is 0 Å². The summed E-state index contributed by atoms with van der Waals surface area (Å²) in [5.41, 5.74) is -5.54. The molecule has 0 fully saturated rings. The van der Waals surface area contributed by atoms with Crippen LogP contribution in [0.15, 0.2) is 52.3 Å². The summed E-state index contributed by atoms with van der Waals surface area (Å²) >= 11 is 0. The van der Waals surface area contributed by atoms with Crippen molar-refractivity contribution in [2.75, 3.05) is 19.4 Å². The molecule has 0 heterocycles. The molecule has 0 atom stereocenters. The molecule has 2 aromatic rings. The van der Waals surface area contributed by atoms with Gasteiger partial charge in [-0.3, -0.25) is 0 Å². The molecular formula is C16H16F4N2O4S2. The van der Waals surface area contributed by atoms with Crippen LogP contribution in [0.4, 0.5) is 23.2 Å². The number of benzene rings is 2. The van der Waals surface area contributed by atoms with Crippen molar-refractivity contribution in [3.05, 3.63) is 53.8 Å². The van der Waals surface area contributed by atoms with Gasteiger partial charge in [0, 0.05) is 20.6 Å². The molecule has 0 radical (unpaired) electrons. The van der Waals surface area contributed by atoms with Gasteiger partial charge in [-0.2, -0.15) is 13.2 Å². The molecule has 0 aromatic heterocycles. The highest BCUT2D eigenvalue weighted by molar-refractivity contribution is 7.92. The number of nitrogens with zero attached hydrogens (tertiary/aromatic N) is 1. The van der Waals surface area contributed by atoms with Gasteiger partial charge in [-0.25, -0.2) is 25.5 Å². The van der Waals surface area contributed by atoms with Crippen molar-refractivity contribution in [1.82, 2.24) is 4.31 Å². The lowest BCUT2D eigenvalue weighted by molar-refractivity contribution is -0.0435. The Morgan fingerprint density at radius 3 is 2.04 bits per heavy atom. The fourth-order valence-corrected chi connectivity index (χ4v) is 4.03. The van der Waals surface area contributed by atoms with E-state index in [1.54, 1.807) is 0 Å². The van der Waals surface area contributed by atoms with Gasteiger partial charge >= 0.3 is 5.51 Å². The van der Waals surface area contributed by atoms with E-state index < -0.39 is 41.8 Å². The summed E-state index contributed by atoms with van der Waals surface area (Å²) in [6.07, 6.45) is 0. The molecule has 0 aliphatic heterocycles. The number of rotatable bonds is 6. The molecule has 0 saturated carbocycles. The van der Waals surface area contributed by atoms with Gasteiger partial charge in [0.05, 0.1) is 10.6 Å². The third-order valence-corrected chi connectivity index (χ3v) is 7.08. The van der Waals surface area contributed by atoms with Gasteiger partial charge in [-0.1, -0.05) is 12.1 Å². The van der Waals surface area contributed by atoms with Crippen LogP contribution >= 0.6 is 0 Å². The van der Waals surface area contributed by atoms with E-state index in [-0.39, 0.29) is 17.5 Å². The molecule has 0 unspecified atom stereocenters. The van der Waals surface area contributed by atoms with E-state index in [0.717, 1.165) is 16.4 Å². The Bertz CT molecular complexity index is 1060. The maximum absolute atomic E-state index is 13.3. The Balaban J connectivity index is 2.29. The predicted octanol–water partition coefficient (Wildman–Crippen LogP) is 2.98. The second-order valence-electron chi connectivity index (χ2n) is 5.87. The van der Waals surface area contributed by atoms with Crippen molar-refractivity contribution in [2.45, 2.75) is 21.8 Å². The van der Waals surface area contributed by atoms with Crippen LogP contribution in [0, 0.1) is 5.82 Å². The average molecular weight is 440 g/mol. The molecule has 0 aliphatic carbocycles. The molecule has 0 saturated heterocycles. The van der Waals surface area contributed by atoms with Crippen LogP contribution in [0.5, 0.6) is 0 Å². The first-order chi connectivity index (χ1) is 12.8. The number of alkyl halides is 3. The zero-order valence-corrected chi connectivity index (χ0v) is 16.3. The molecule has 6 nitrogen and oxygen atoms in total. The van der Waals surface area contributed by atoms with Gasteiger partial charge < -0.3 is 5.32 Å². The first-order valence-corrected chi connectivity index (χ1v) is 10.6. The molecule has 2 rings (SSSR count). The molecule has 0 amide bonds. The zero-order chi connectivity index (χ0) is 21.3. The summed E-state index contributed by atoms with van der Waals surface area (Å²) in [6.45, 7) is -0.117. The minimum absolute atomic E-state index is 0.0170. The average Bonchev–Trinajstić information content (AvgIpc) is 2.59. The first-order valence-electron chi connectivity index (χ1n) is 7.63. The lowest BCUT2D eigenvalue weighted by Crippen LogP contribution is -2.24. The number of sulfonamides is 1. The molecule has 1 N–H and O–H groups in total. The quantitative estimate of drug-likeness (QED) is 0.699. The van der Waals surface area contributed by atoms with E-state index in [0.29, 0.717) is 5.56 Å². The van der Waals surface area contributed by atoms with Gasteiger partial charge in [0.15, 0.2) is 0 Å². The minimum Gasteiger partial charge on any atom is -0.380 e. The van der Waals surface area contributed by atoms with Crippen LogP contribution in [-0.4, -0.2) is 40.7 Å². The number of sulfone groups is 1. The standard InChI is InChI=1S/C16H16F4N2O4S2/c1-22(2)28(25,26)13-6-3-11(4-7-13)10-21-14-8-5-12(17)9-15(14)27(23,24)16(18,19)20/h3-9,21H,10H2,1-2H3. The highest BCUT2D eigenvalue weighted by atomic mass is 32.2. The summed E-state index contributed by atoms with van der Waals surface area (Å²) in [7, 11) is -6.67. The Morgan fingerprint density at radius 2 is 1.54 bits per heavy atom. The number of hydrogen-bond donors (Lipinski definition) is 1. The third kappa shape index (κ3) is 4.45. The van der Waals surface area contributed by atoms with Gasteiger partial charge in [0.1, 0.15) is 10.7 Å². The SMILES string of the molecule is CN(C)S(=O)(=O)c1ccc(CNc2ccc(F)cc2S(=O)(=O)C(F)(F)F)cc1. The summed E-state index contributed by atoms with van der Waals surface area (Å²) in [5.74, 6) is -1.13. The van der Waals surface area contributed by atoms with E-state index in [2.05, 4.69) is 5.32 Å². The maximum atomic E-state index is 13.3. The molecule has 154 valence electrons. The monoisotopic (exact) mass is 440 g/mol. The topological polar surface area (TPSA) is 83.6 Å². The Kier molecular flexibility index (Phi) is 6.07. The summed E-state index contributed by atoms with van der Waals surface area (Å²) in [5, 5.41) is 2.51. The third-order valence-electron chi connectivity index (χ3n) is 3.72. The van der Waals surface area contributed by atoms with Gasteiger partial charge in [-0.15, -0.1) is 0 Å². The van der Waals surface area contributed by atoms with Crippen molar-refractivity contribution in [3.8, 4) is 0 Å². The van der Waals surface area contributed by atoms with Crippen LogP contribution in [-0.2, 0) is 26.4 Å². The Hall–Kier alpha value is -2.18. The lowest BCUT2D eigenvalue weighted by Gasteiger charge is -2.15. The number of anilines is 1. The van der Waals surface area contributed by atoms with Gasteiger partial charge in [0.25, 0.3) is 9.84 Å². The van der Waals surface area contributed by atoms with E-state index in [9.17, 15) is 34.4 Å². The summed E-state index contributed by atoms with van der Waals surface area (Å²) < 4.78 is 100. The van der Waals surface area contributed by atoms with Crippen molar-refractivity contribution >= 4 is 25.5 Å². The van der Waals surface area contributed by atoms with Gasteiger partial charge in [-0.05, 0) is 35.9 Å². The van der Waals surface area contributed by atoms with Crippen LogP contribution in [0.1, 0.15) is 5.56 Å². The highest BCUT2D eigenvalue weighted by Crippen LogP contribution is 2.35. The zero-order valence-electron chi connectivity index (χ0n) is 14.7. The van der Waals surface area contributed by atoms with E-state index in [1.807, 2.05) is 0 Å². The van der Waals surface area contributed by atoms with Crippen molar-refractivity contribution < 1.29 is 34.4 Å². The summed E-state index contributed by atoms with van der Waals surface area (Å²) in [4.78, 5) is -1.21. The van der Waals surface area contributed by atoms with Crippen molar-refractivity contribution in [1.29, 1.82) is 0 Å². The molecular weight excluding hydrogens is 424 g/mol. The Labute approximate surface area is 159 Å². The molecule has 28 heavy (non-hydrogen) atoms. The largest absolute Gasteiger partial charge is 0.501 e. The van der Waals surface area contributed by atoms with Crippen LogP contribution < -0.4 is 5.32 Å². The summed E-state index contributed by atoms with van der Waals surface area (Å²) in [6, 6.07) is 7.46. The number of halogens is 4. The normalized spacial score (nSPS) is 13.0. The second kappa shape index (κ2) is 7.68. The second-order valence-corrected chi connectivity index (χ2v) is 9.94. The maximum Gasteiger partial charge on any atom is 0.501 e. The number of hydrogen-bond acceptors (Lipinski definition) is 5. The first kappa shape index (κ1) is 22.1. The van der Waals surface area contributed by atoms with Crippen LogP contribution in [0.3, 0.4) is 0 Å². The molecule has 2 aromatic carbocycles. The smallest absolute Gasteiger partial charge is 0.380 e. The minimum atomic E-state index is -5.76.